The van der Waals surface area contributed by atoms with E-state index in [-0.39, 0.29) is 0 Å². The Morgan fingerprint density at radius 3 is 2.40 bits per heavy atom. The van der Waals surface area contributed by atoms with Gasteiger partial charge in [0.1, 0.15) is 5.82 Å². The molecule has 0 aliphatic heterocycles. The van der Waals surface area contributed by atoms with Gasteiger partial charge in [0.25, 0.3) is 0 Å². The number of anilines is 1. The molecular formula is C16H20ClN3. The van der Waals surface area contributed by atoms with E-state index in [2.05, 4.69) is 36.2 Å². The number of hydrogen-bond acceptors (Lipinski definition) is 3. The molecule has 2 N–H and O–H groups in total. The van der Waals surface area contributed by atoms with Gasteiger partial charge in [-0.15, -0.1) is 0 Å². The molecule has 4 heteroatoms. The first kappa shape index (κ1) is 14.8. The van der Waals surface area contributed by atoms with Crippen LogP contribution in [0.4, 0.5) is 5.82 Å². The quantitative estimate of drug-likeness (QED) is 0.917. The van der Waals surface area contributed by atoms with Crippen LogP contribution in [0.2, 0.25) is 5.02 Å². The minimum atomic E-state index is 0.424. The molecule has 0 radical (unpaired) electrons. The third kappa shape index (κ3) is 3.30. The first-order chi connectivity index (χ1) is 9.65. The van der Waals surface area contributed by atoms with Crippen LogP contribution in [0.3, 0.4) is 0 Å². The first-order valence-electron chi connectivity index (χ1n) is 6.78. The maximum absolute atomic E-state index is 6.33. The van der Waals surface area contributed by atoms with Crippen LogP contribution in [0, 0.1) is 0 Å². The van der Waals surface area contributed by atoms with Crippen molar-refractivity contribution in [1.29, 1.82) is 0 Å². The Morgan fingerprint density at radius 2 is 1.80 bits per heavy atom. The van der Waals surface area contributed by atoms with Crippen LogP contribution in [-0.4, -0.2) is 12.0 Å². The standard InChI is InChI=1S/C16H20ClN3/c1-3-12-4-6-13(7-5-12)11-20(2)16-15(17)14(10-18)8-9-19-16/h4-9H,3,10-11,18H2,1-2H3. The number of aromatic nitrogens is 1. The minimum absolute atomic E-state index is 0.424. The molecule has 0 aliphatic rings. The smallest absolute Gasteiger partial charge is 0.147 e. The molecule has 1 aromatic heterocycles. The van der Waals surface area contributed by atoms with E-state index in [0.717, 1.165) is 24.3 Å². The number of pyridine rings is 1. The SMILES string of the molecule is CCc1ccc(CN(C)c2nccc(CN)c2Cl)cc1. The van der Waals surface area contributed by atoms with Crippen LogP contribution in [0.1, 0.15) is 23.6 Å². The molecular weight excluding hydrogens is 270 g/mol. The highest BCUT2D eigenvalue weighted by atomic mass is 35.5. The summed E-state index contributed by atoms with van der Waals surface area (Å²) in [6, 6.07) is 10.5. The number of halogens is 1. The maximum Gasteiger partial charge on any atom is 0.147 e. The fourth-order valence-corrected chi connectivity index (χ4v) is 2.46. The second-order valence-corrected chi connectivity index (χ2v) is 5.22. The maximum atomic E-state index is 6.33. The third-order valence-electron chi connectivity index (χ3n) is 3.38. The van der Waals surface area contributed by atoms with E-state index in [4.69, 9.17) is 17.3 Å². The van der Waals surface area contributed by atoms with E-state index in [0.29, 0.717) is 11.6 Å². The molecule has 3 nitrogen and oxygen atoms in total. The van der Waals surface area contributed by atoms with Crippen LogP contribution in [0.25, 0.3) is 0 Å². The first-order valence-corrected chi connectivity index (χ1v) is 7.16. The van der Waals surface area contributed by atoms with Gasteiger partial charge in [-0.05, 0) is 29.2 Å². The molecule has 1 heterocycles. The number of nitrogens with zero attached hydrogens (tertiary/aromatic N) is 2. The molecule has 0 fully saturated rings. The van der Waals surface area contributed by atoms with E-state index in [1.165, 1.54) is 11.1 Å². The zero-order valence-corrected chi connectivity index (χ0v) is 12.7. The lowest BCUT2D eigenvalue weighted by Crippen LogP contribution is -2.18. The number of rotatable bonds is 5. The second kappa shape index (κ2) is 6.73. The Balaban J connectivity index is 2.16. The van der Waals surface area contributed by atoms with Crippen LogP contribution < -0.4 is 10.6 Å². The van der Waals surface area contributed by atoms with Gasteiger partial charge in [-0.1, -0.05) is 42.8 Å². The topological polar surface area (TPSA) is 42.2 Å². The highest BCUT2D eigenvalue weighted by Crippen LogP contribution is 2.26. The molecule has 2 aromatic rings. The fraction of sp³-hybridized carbons (Fsp3) is 0.312. The van der Waals surface area contributed by atoms with E-state index in [1.807, 2.05) is 18.0 Å². The summed E-state index contributed by atoms with van der Waals surface area (Å²) in [7, 11) is 1.99. The summed E-state index contributed by atoms with van der Waals surface area (Å²) >= 11 is 6.33. The van der Waals surface area contributed by atoms with Crippen LogP contribution in [0.5, 0.6) is 0 Å². The molecule has 0 spiro atoms. The van der Waals surface area contributed by atoms with Crippen molar-refractivity contribution in [2.75, 3.05) is 11.9 Å². The molecule has 0 aliphatic carbocycles. The normalized spacial score (nSPS) is 10.6. The van der Waals surface area contributed by atoms with E-state index >= 15 is 0 Å². The van der Waals surface area contributed by atoms with Gasteiger partial charge in [-0.25, -0.2) is 4.98 Å². The Labute approximate surface area is 125 Å². The van der Waals surface area contributed by atoms with Gasteiger partial charge >= 0.3 is 0 Å². The van der Waals surface area contributed by atoms with E-state index in [1.54, 1.807) is 6.20 Å². The highest BCUT2D eigenvalue weighted by Gasteiger charge is 2.11. The predicted octanol–water partition coefficient (Wildman–Crippen LogP) is 3.39. The Bertz CT molecular complexity index is 566. The number of hydrogen-bond donors (Lipinski definition) is 1. The van der Waals surface area contributed by atoms with Gasteiger partial charge in [0.05, 0.1) is 5.02 Å². The molecule has 0 saturated carbocycles. The van der Waals surface area contributed by atoms with Crippen molar-refractivity contribution in [3.63, 3.8) is 0 Å². The predicted molar refractivity (Wildman–Crippen MR) is 85.1 cm³/mol. The average Bonchev–Trinajstić information content (AvgIpc) is 2.48. The average molecular weight is 290 g/mol. The monoisotopic (exact) mass is 289 g/mol. The largest absolute Gasteiger partial charge is 0.354 e. The summed E-state index contributed by atoms with van der Waals surface area (Å²) in [5.74, 6) is 0.772. The molecule has 106 valence electrons. The zero-order chi connectivity index (χ0) is 14.5. The van der Waals surface area contributed by atoms with Gasteiger partial charge in [0, 0.05) is 26.3 Å². The van der Waals surface area contributed by atoms with Gasteiger partial charge in [0.2, 0.25) is 0 Å². The number of aryl methyl sites for hydroxylation is 1. The van der Waals surface area contributed by atoms with Crippen molar-refractivity contribution in [3.8, 4) is 0 Å². The third-order valence-corrected chi connectivity index (χ3v) is 3.80. The van der Waals surface area contributed by atoms with Crippen LogP contribution in [0.15, 0.2) is 36.5 Å². The van der Waals surface area contributed by atoms with Crippen molar-refractivity contribution in [2.45, 2.75) is 26.4 Å². The van der Waals surface area contributed by atoms with Crippen molar-refractivity contribution in [2.24, 2.45) is 5.73 Å². The minimum Gasteiger partial charge on any atom is -0.354 e. The lowest BCUT2D eigenvalue weighted by Gasteiger charge is -2.20. The molecule has 1 aromatic carbocycles. The second-order valence-electron chi connectivity index (χ2n) is 4.84. The van der Waals surface area contributed by atoms with Crippen molar-refractivity contribution in [3.05, 3.63) is 58.2 Å². The number of benzene rings is 1. The number of nitrogens with two attached hydrogens (primary N) is 1. The molecule has 20 heavy (non-hydrogen) atoms. The van der Waals surface area contributed by atoms with Gasteiger partial charge in [-0.2, -0.15) is 0 Å². The highest BCUT2D eigenvalue weighted by molar-refractivity contribution is 6.33. The summed E-state index contributed by atoms with van der Waals surface area (Å²) < 4.78 is 0. The zero-order valence-electron chi connectivity index (χ0n) is 11.9. The van der Waals surface area contributed by atoms with Crippen LogP contribution >= 0.6 is 11.6 Å². The summed E-state index contributed by atoms with van der Waals surface area (Å²) in [4.78, 5) is 6.40. The Morgan fingerprint density at radius 1 is 1.15 bits per heavy atom. The summed E-state index contributed by atoms with van der Waals surface area (Å²) in [6.45, 7) is 3.35. The van der Waals surface area contributed by atoms with Gasteiger partial charge in [-0.3, -0.25) is 0 Å². The molecule has 0 atom stereocenters. The molecule has 0 saturated heterocycles. The van der Waals surface area contributed by atoms with Gasteiger partial charge < -0.3 is 10.6 Å². The Hall–Kier alpha value is -1.58. The molecule has 2 rings (SSSR count). The van der Waals surface area contributed by atoms with Gasteiger partial charge in [0.15, 0.2) is 0 Å². The van der Waals surface area contributed by atoms with Crippen LogP contribution in [-0.2, 0) is 19.5 Å². The van der Waals surface area contributed by atoms with E-state index in [9.17, 15) is 0 Å². The lowest BCUT2D eigenvalue weighted by molar-refractivity contribution is 0.891. The summed E-state index contributed by atoms with van der Waals surface area (Å²) in [5.41, 5.74) is 9.18. The molecule has 0 bridgehead atoms. The molecule has 0 amide bonds. The molecule has 0 unspecified atom stereocenters. The van der Waals surface area contributed by atoms with Crippen molar-refractivity contribution >= 4 is 17.4 Å². The summed E-state index contributed by atoms with van der Waals surface area (Å²) in [5, 5.41) is 0.641. The fourth-order valence-electron chi connectivity index (χ4n) is 2.12. The summed E-state index contributed by atoms with van der Waals surface area (Å²) in [6.07, 6.45) is 2.81. The van der Waals surface area contributed by atoms with Crippen molar-refractivity contribution in [1.82, 2.24) is 4.98 Å². The Kier molecular flexibility index (Phi) is 4.99. The van der Waals surface area contributed by atoms with Crippen molar-refractivity contribution < 1.29 is 0 Å². The van der Waals surface area contributed by atoms with E-state index < -0.39 is 0 Å². The lowest BCUT2D eigenvalue weighted by atomic mass is 10.1.